The van der Waals surface area contributed by atoms with Crippen molar-refractivity contribution in [3.63, 3.8) is 0 Å². The molecular weight excluding hydrogens is 364 g/mol. The van der Waals surface area contributed by atoms with Crippen molar-refractivity contribution in [2.24, 2.45) is 0 Å². The number of fused-ring (bicyclic) bond motifs is 2. The van der Waals surface area contributed by atoms with Gasteiger partial charge >= 0.3 is 0 Å². The Morgan fingerprint density at radius 1 is 0.929 bits per heavy atom. The Balaban J connectivity index is 1.55. The van der Waals surface area contributed by atoms with E-state index in [1.807, 2.05) is 0 Å². The molecule has 5 rings (SSSR count). The number of allylic oxidation sites excluding steroid dienone is 5. The molecule has 0 aromatic heterocycles. The molecule has 0 spiro atoms. The molecule has 1 aliphatic carbocycles. The molecule has 1 aromatic carbocycles. The molecule has 4 nitrogen and oxygen atoms in total. The van der Waals surface area contributed by atoms with Gasteiger partial charge in [-0.3, -0.25) is 0 Å². The Hall–Kier alpha value is -1.95. The summed E-state index contributed by atoms with van der Waals surface area (Å²) in [6.45, 7) is 12.3. The normalized spacial score (nSPS) is 23.7. The quantitative estimate of drug-likeness (QED) is 0.541. The zero-order chi connectivity index (χ0) is 19.1. The molecule has 2 fully saturated rings. The van der Waals surface area contributed by atoms with Crippen molar-refractivity contribution in [1.82, 2.24) is 0 Å². The zero-order valence-corrected chi connectivity index (χ0v) is 17.9. The maximum absolute atomic E-state index is 5.54. The predicted octanol–water partition coefficient (Wildman–Crippen LogP) is 2.35. The van der Waals surface area contributed by atoms with Crippen molar-refractivity contribution in [2.45, 2.75) is 13.1 Å². The maximum Gasteiger partial charge on any atom is 0.199 e. The van der Waals surface area contributed by atoms with Gasteiger partial charge in [0.2, 0.25) is 0 Å². The first-order valence-corrected chi connectivity index (χ1v) is 13.4. The van der Waals surface area contributed by atoms with Crippen molar-refractivity contribution >= 4 is 30.7 Å². The second kappa shape index (κ2) is 7.14. The Morgan fingerprint density at radius 2 is 1.68 bits per heavy atom. The van der Waals surface area contributed by atoms with Gasteiger partial charge in [0.25, 0.3) is 0 Å². The van der Waals surface area contributed by atoms with Crippen LogP contribution in [0.4, 0.5) is 5.69 Å². The lowest BCUT2D eigenvalue weighted by atomic mass is 10.0. The van der Waals surface area contributed by atoms with Crippen LogP contribution in [-0.4, -0.2) is 71.0 Å². The molecule has 4 aliphatic rings. The highest BCUT2D eigenvalue weighted by molar-refractivity contribution is 6.97. The van der Waals surface area contributed by atoms with Crippen LogP contribution < -0.4 is 10.1 Å². The standard InChI is InChI=1S/C23H29N2O2Si/c1-28(2)22-16-20(24-7-11-26-12-8-24)5-3-18(22)15-19-4-6-21(17-23(19)28)25-9-13-27-14-10-25/h3-6,15-17H,7-14H2,1-2H3/q+1. The van der Waals surface area contributed by atoms with Gasteiger partial charge in [-0.2, -0.15) is 0 Å². The molecule has 5 heteroatoms. The molecule has 0 N–H and O–H groups in total. The van der Waals surface area contributed by atoms with Crippen LogP contribution in [0.5, 0.6) is 0 Å². The molecule has 3 aliphatic heterocycles. The second-order valence-electron chi connectivity index (χ2n) is 8.51. The lowest BCUT2D eigenvalue weighted by Crippen LogP contribution is -2.49. The number of benzene rings is 1. The molecular formula is C23H29N2O2Si+. The van der Waals surface area contributed by atoms with Crippen molar-refractivity contribution in [3.8, 4) is 0 Å². The molecule has 0 bridgehead atoms. The summed E-state index contributed by atoms with van der Waals surface area (Å²) in [5.41, 5.74) is 5.51. The fraction of sp³-hybridized carbons (Fsp3) is 0.435. The van der Waals surface area contributed by atoms with Gasteiger partial charge in [-0.05, 0) is 45.8 Å². The fourth-order valence-corrected chi connectivity index (χ4v) is 7.83. The van der Waals surface area contributed by atoms with Crippen LogP contribution in [0, 0.1) is 0 Å². The third-order valence-electron chi connectivity index (χ3n) is 6.48. The number of morpholine rings is 2. The van der Waals surface area contributed by atoms with E-state index in [9.17, 15) is 0 Å². The van der Waals surface area contributed by atoms with Gasteiger partial charge in [0, 0.05) is 30.9 Å². The predicted molar refractivity (Wildman–Crippen MR) is 118 cm³/mol. The van der Waals surface area contributed by atoms with E-state index < -0.39 is 8.07 Å². The van der Waals surface area contributed by atoms with Crippen LogP contribution in [0.15, 0.2) is 47.2 Å². The van der Waals surface area contributed by atoms with Gasteiger partial charge in [-0.15, -0.1) is 0 Å². The van der Waals surface area contributed by atoms with Crippen LogP contribution >= 0.6 is 0 Å². The summed E-state index contributed by atoms with van der Waals surface area (Å²) in [5.74, 6) is 0. The Bertz CT molecular complexity index is 913. The molecule has 28 heavy (non-hydrogen) atoms. The van der Waals surface area contributed by atoms with Crippen molar-refractivity contribution in [1.29, 1.82) is 0 Å². The summed E-state index contributed by atoms with van der Waals surface area (Å²) in [6.07, 6.45) is 9.47. The van der Waals surface area contributed by atoms with Crippen LogP contribution in [0.25, 0.3) is 6.08 Å². The number of rotatable bonds is 1. The van der Waals surface area contributed by atoms with E-state index in [1.54, 1.807) is 10.4 Å². The molecule has 3 heterocycles. The number of nitrogens with zero attached hydrogens (tertiary/aromatic N) is 2. The summed E-state index contributed by atoms with van der Waals surface area (Å²) in [7, 11) is -1.77. The first-order valence-electron chi connectivity index (χ1n) is 10.4. The van der Waals surface area contributed by atoms with E-state index >= 15 is 0 Å². The van der Waals surface area contributed by atoms with E-state index in [2.05, 4.69) is 65.1 Å². The van der Waals surface area contributed by atoms with Gasteiger partial charge in [-0.25, -0.2) is 4.58 Å². The van der Waals surface area contributed by atoms with Gasteiger partial charge in [0.05, 0.1) is 13.2 Å². The monoisotopic (exact) mass is 393 g/mol. The molecule has 0 atom stereocenters. The van der Waals surface area contributed by atoms with Crippen LogP contribution in [0.3, 0.4) is 0 Å². The van der Waals surface area contributed by atoms with E-state index in [-0.39, 0.29) is 0 Å². The Labute approximate surface area is 168 Å². The largest absolute Gasteiger partial charge is 0.378 e. The van der Waals surface area contributed by atoms with Gasteiger partial charge < -0.3 is 14.4 Å². The molecule has 0 radical (unpaired) electrons. The van der Waals surface area contributed by atoms with Crippen molar-refractivity contribution in [2.75, 3.05) is 57.5 Å². The lowest BCUT2D eigenvalue weighted by Gasteiger charge is -2.36. The summed E-state index contributed by atoms with van der Waals surface area (Å²) >= 11 is 0. The molecule has 146 valence electrons. The minimum absolute atomic E-state index is 0.829. The average Bonchev–Trinajstić information content (AvgIpc) is 2.75. The van der Waals surface area contributed by atoms with Crippen LogP contribution in [-0.2, 0) is 9.47 Å². The maximum atomic E-state index is 5.54. The number of ether oxygens (including phenoxy) is 2. The number of hydrogen-bond donors (Lipinski definition) is 0. The highest BCUT2D eigenvalue weighted by Crippen LogP contribution is 2.34. The number of anilines is 1. The lowest BCUT2D eigenvalue weighted by molar-refractivity contribution is -0.547. The smallest absolute Gasteiger partial charge is 0.199 e. The highest BCUT2D eigenvalue weighted by Gasteiger charge is 2.37. The van der Waals surface area contributed by atoms with Gasteiger partial charge in [0.1, 0.15) is 21.3 Å². The first kappa shape index (κ1) is 18.1. The molecule has 0 amide bonds. The van der Waals surface area contributed by atoms with Gasteiger partial charge in [0.15, 0.2) is 18.8 Å². The summed E-state index contributed by atoms with van der Waals surface area (Å²) in [6, 6.07) is 7.08. The average molecular weight is 394 g/mol. The van der Waals surface area contributed by atoms with E-state index in [0.717, 1.165) is 52.6 Å². The van der Waals surface area contributed by atoms with Crippen LogP contribution in [0.2, 0.25) is 13.1 Å². The molecule has 1 aromatic rings. The zero-order valence-electron chi connectivity index (χ0n) is 16.9. The third-order valence-corrected chi connectivity index (χ3v) is 10.0. The third kappa shape index (κ3) is 3.11. The highest BCUT2D eigenvalue weighted by atomic mass is 28.3. The molecule has 2 saturated heterocycles. The van der Waals surface area contributed by atoms with E-state index in [4.69, 9.17) is 9.47 Å². The number of hydrogen-bond acceptors (Lipinski definition) is 3. The second-order valence-corrected chi connectivity index (χ2v) is 12.8. The Morgan fingerprint density at radius 3 is 2.46 bits per heavy atom. The van der Waals surface area contributed by atoms with Gasteiger partial charge in [-0.1, -0.05) is 19.2 Å². The van der Waals surface area contributed by atoms with E-state index in [1.165, 1.54) is 22.5 Å². The van der Waals surface area contributed by atoms with Crippen LogP contribution in [0.1, 0.15) is 5.56 Å². The summed E-state index contributed by atoms with van der Waals surface area (Å²) in [4.78, 5) is 2.47. The summed E-state index contributed by atoms with van der Waals surface area (Å²) in [5, 5.41) is 3.12. The topological polar surface area (TPSA) is 24.7 Å². The van der Waals surface area contributed by atoms with Crippen molar-refractivity contribution < 1.29 is 14.0 Å². The minimum Gasteiger partial charge on any atom is -0.378 e. The molecule has 0 unspecified atom stereocenters. The molecule has 0 saturated carbocycles. The Kier molecular flexibility index (Phi) is 4.61. The summed E-state index contributed by atoms with van der Waals surface area (Å²) < 4.78 is 13.5. The van der Waals surface area contributed by atoms with Crippen molar-refractivity contribution in [3.05, 3.63) is 52.8 Å². The SMILES string of the molecule is C[Si]1(C)C2=CC(=[N+]3CCOCC3)C=CC2=Cc2ccc(N3CCOCC3)cc21. The first-order chi connectivity index (χ1) is 13.6. The fourth-order valence-electron chi connectivity index (χ4n) is 4.77. The minimum atomic E-state index is -1.77. The van der Waals surface area contributed by atoms with E-state index in [0.29, 0.717) is 0 Å².